The van der Waals surface area contributed by atoms with Gasteiger partial charge in [0.05, 0.1) is 18.4 Å². The minimum absolute atomic E-state index is 0.124. The number of pyridine rings is 1. The third kappa shape index (κ3) is 4.41. The SMILES string of the molecule is COc1cc2c(cc1NC(=O)c1ncccc1C(F)(F)F)CN(C1CCC(C=O)CC1)C2(C)C. The van der Waals surface area contributed by atoms with Crippen molar-refractivity contribution >= 4 is 17.9 Å². The van der Waals surface area contributed by atoms with Gasteiger partial charge in [0.15, 0.2) is 0 Å². The number of carbonyl (C=O) groups is 2. The zero-order chi connectivity index (χ0) is 24.7. The fraction of sp³-hybridized carbons (Fsp3) is 0.480. The Bertz CT molecular complexity index is 1090. The summed E-state index contributed by atoms with van der Waals surface area (Å²) in [6.07, 6.45) is 1.11. The van der Waals surface area contributed by atoms with Crippen molar-refractivity contribution in [3.05, 3.63) is 52.8 Å². The van der Waals surface area contributed by atoms with Crippen LogP contribution in [0.5, 0.6) is 5.75 Å². The van der Waals surface area contributed by atoms with Crippen molar-refractivity contribution in [2.45, 2.75) is 63.8 Å². The number of hydrogen-bond donors (Lipinski definition) is 1. The maximum absolute atomic E-state index is 13.4. The van der Waals surface area contributed by atoms with Crippen molar-refractivity contribution in [2.24, 2.45) is 5.92 Å². The van der Waals surface area contributed by atoms with E-state index in [1.165, 1.54) is 7.11 Å². The number of nitrogens with zero attached hydrogens (tertiary/aromatic N) is 2. The molecular formula is C25H28F3N3O3. The molecule has 2 heterocycles. The van der Waals surface area contributed by atoms with Gasteiger partial charge in [-0.1, -0.05) is 0 Å². The predicted octanol–water partition coefficient (Wildman–Crippen LogP) is 5.17. The Balaban J connectivity index is 1.62. The topological polar surface area (TPSA) is 71.5 Å². The molecule has 6 nitrogen and oxygen atoms in total. The molecule has 9 heteroatoms. The van der Waals surface area contributed by atoms with Crippen LogP contribution in [0.4, 0.5) is 18.9 Å². The predicted molar refractivity (Wildman–Crippen MR) is 121 cm³/mol. The highest BCUT2D eigenvalue weighted by molar-refractivity contribution is 6.04. The summed E-state index contributed by atoms with van der Waals surface area (Å²) in [6.45, 7) is 4.90. The summed E-state index contributed by atoms with van der Waals surface area (Å²) in [4.78, 5) is 30.0. The molecule has 1 aliphatic carbocycles. The number of rotatable bonds is 5. The largest absolute Gasteiger partial charge is 0.495 e. The molecule has 4 rings (SSSR count). The van der Waals surface area contributed by atoms with Gasteiger partial charge in [0.2, 0.25) is 0 Å². The third-order valence-corrected chi connectivity index (χ3v) is 7.09. The van der Waals surface area contributed by atoms with Crippen molar-refractivity contribution in [3.63, 3.8) is 0 Å². The first-order valence-corrected chi connectivity index (χ1v) is 11.3. The summed E-state index contributed by atoms with van der Waals surface area (Å²) in [5.41, 5.74) is 0.253. The maximum Gasteiger partial charge on any atom is 0.418 e. The van der Waals surface area contributed by atoms with Gasteiger partial charge in [0.25, 0.3) is 5.91 Å². The molecular weight excluding hydrogens is 447 g/mol. The summed E-state index contributed by atoms with van der Waals surface area (Å²) in [6, 6.07) is 5.94. The Kier molecular flexibility index (Phi) is 6.42. The Morgan fingerprint density at radius 1 is 1.24 bits per heavy atom. The molecule has 0 unspecified atom stereocenters. The zero-order valence-electron chi connectivity index (χ0n) is 19.4. The van der Waals surface area contributed by atoms with E-state index in [-0.39, 0.29) is 11.5 Å². The second kappa shape index (κ2) is 9.02. The number of ether oxygens (including phenoxy) is 1. The number of amides is 1. The first kappa shape index (κ1) is 24.2. The molecule has 1 aromatic heterocycles. The van der Waals surface area contributed by atoms with E-state index in [2.05, 4.69) is 29.0 Å². The summed E-state index contributed by atoms with van der Waals surface area (Å²) in [7, 11) is 1.46. The Labute approximate surface area is 196 Å². The number of alkyl halides is 3. The van der Waals surface area contributed by atoms with Gasteiger partial charge < -0.3 is 14.8 Å². The number of carbonyl (C=O) groups excluding carboxylic acids is 2. The van der Waals surface area contributed by atoms with Gasteiger partial charge >= 0.3 is 6.18 Å². The second-order valence-electron chi connectivity index (χ2n) is 9.45. The Morgan fingerprint density at radius 2 is 1.94 bits per heavy atom. The van der Waals surface area contributed by atoms with E-state index >= 15 is 0 Å². The highest BCUT2D eigenvalue weighted by atomic mass is 19.4. The van der Waals surface area contributed by atoms with Crippen molar-refractivity contribution in [2.75, 3.05) is 12.4 Å². The van der Waals surface area contributed by atoms with Crippen LogP contribution >= 0.6 is 0 Å². The van der Waals surface area contributed by atoms with Gasteiger partial charge in [-0.25, -0.2) is 0 Å². The molecule has 1 N–H and O–H groups in total. The lowest BCUT2D eigenvalue weighted by molar-refractivity contribution is -0.138. The molecule has 0 radical (unpaired) electrons. The minimum Gasteiger partial charge on any atom is -0.495 e. The minimum atomic E-state index is -4.70. The standard InChI is InChI=1S/C25H28F3N3O3/c1-24(2)19-12-21(34-3)20(30-23(33)22-18(25(26,27)28)5-4-10-29-22)11-16(19)13-31(24)17-8-6-15(14-32)7-9-17/h4-5,10-12,14-15,17H,6-9,13H2,1-3H3,(H,30,33). The monoisotopic (exact) mass is 475 g/mol. The number of aldehydes is 1. The molecule has 1 fully saturated rings. The molecule has 1 saturated carbocycles. The lowest BCUT2D eigenvalue weighted by Gasteiger charge is -2.41. The quantitative estimate of drug-likeness (QED) is 0.604. The van der Waals surface area contributed by atoms with Gasteiger partial charge in [-0.15, -0.1) is 0 Å². The van der Waals surface area contributed by atoms with Gasteiger partial charge in [-0.2, -0.15) is 13.2 Å². The number of hydrogen-bond acceptors (Lipinski definition) is 5. The molecule has 0 spiro atoms. The van der Waals surface area contributed by atoms with E-state index < -0.39 is 23.3 Å². The summed E-state index contributed by atoms with van der Waals surface area (Å²) in [5.74, 6) is -0.455. The van der Waals surface area contributed by atoms with E-state index in [1.807, 2.05) is 6.07 Å². The number of aromatic nitrogens is 1. The van der Waals surface area contributed by atoms with E-state index in [0.29, 0.717) is 24.0 Å². The number of methoxy groups -OCH3 is 1. The van der Waals surface area contributed by atoms with Crippen molar-refractivity contribution in [3.8, 4) is 5.75 Å². The molecule has 34 heavy (non-hydrogen) atoms. The average molecular weight is 476 g/mol. The van der Waals surface area contributed by atoms with Gasteiger partial charge in [-0.3, -0.25) is 14.7 Å². The van der Waals surface area contributed by atoms with Crippen molar-refractivity contribution in [1.82, 2.24) is 9.88 Å². The molecule has 182 valence electrons. The average Bonchev–Trinajstić information content (AvgIpc) is 3.07. The molecule has 0 saturated heterocycles. The summed E-state index contributed by atoms with van der Waals surface area (Å²) in [5, 5.41) is 2.57. The third-order valence-electron chi connectivity index (χ3n) is 7.09. The van der Waals surface area contributed by atoms with Crippen LogP contribution in [0.2, 0.25) is 0 Å². The van der Waals surface area contributed by atoms with E-state index in [1.54, 1.807) is 6.07 Å². The van der Waals surface area contributed by atoms with Gasteiger partial charge in [-0.05, 0) is 74.9 Å². The van der Waals surface area contributed by atoms with Crippen LogP contribution in [0, 0.1) is 5.92 Å². The lowest BCUT2D eigenvalue weighted by atomic mass is 9.84. The highest BCUT2D eigenvalue weighted by Crippen LogP contribution is 2.46. The normalized spacial score (nSPS) is 22.2. The molecule has 0 bridgehead atoms. The van der Waals surface area contributed by atoms with Crippen LogP contribution < -0.4 is 10.1 Å². The molecule has 1 aliphatic heterocycles. The number of benzene rings is 1. The first-order chi connectivity index (χ1) is 16.1. The number of nitrogens with one attached hydrogen (secondary N) is 1. The van der Waals surface area contributed by atoms with Crippen LogP contribution in [0.1, 0.15) is 66.7 Å². The number of anilines is 1. The highest BCUT2D eigenvalue weighted by Gasteiger charge is 2.43. The van der Waals surface area contributed by atoms with Crippen molar-refractivity contribution < 1.29 is 27.5 Å². The van der Waals surface area contributed by atoms with Crippen LogP contribution in [0.15, 0.2) is 30.5 Å². The molecule has 1 aromatic carbocycles. The lowest BCUT2D eigenvalue weighted by Crippen LogP contribution is -2.44. The molecule has 1 amide bonds. The first-order valence-electron chi connectivity index (χ1n) is 11.3. The van der Waals surface area contributed by atoms with Crippen LogP contribution in [0.3, 0.4) is 0 Å². The maximum atomic E-state index is 13.4. The van der Waals surface area contributed by atoms with Crippen LogP contribution in [0.25, 0.3) is 0 Å². The van der Waals surface area contributed by atoms with Crippen LogP contribution in [-0.4, -0.2) is 35.2 Å². The fourth-order valence-electron chi connectivity index (χ4n) is 5.26. The van der Waals surface area contributed by atoms with E-state index in [4.69, 9.17) is 4.74 Å². The van der Waals surface area contributed by atoms with Crippen LogP contribution in [-0.2, 0) is 23.1 Å². The molecule has 2 aromatic rings. The summed E-state index contributed by atoms with van der Waals surface area (Å²) >= 11 is 0. The van der Waals surface area contributed by atoms with E-state index in [9.17, 15) is 22.8 Å². The molecule has 0 atom stereocenters. The Morgan fingerprint density at radius 3 is 2.56 bits per heavy atom. The van der Waals surface area contributed by atoms with Crippen molar-refractivity contribution in [1.29, 1.82) is 0 Å². The van der Waals surface area contributed by atoms with Gasteiger partial charge in [0.1, 0.15) is 17.7 Å². The number of fused-ring (bicyclic) bond motifs is 1. The smallest absolute Gasteiger partial charge is 0.418 e. The molecule has 2 aliphatic rings. The Hall–Kier alpha value is -2.94. The number of halogens is 3. The van der Waals surface area contributed by atoms with E-state index in [0.717, 1.165) is 61.4 Å². The second-order valence-corrected chi connectivity index (χ2v) is 9.45. The summed E-state index contributed by atoms with van der Waals surface area (Å²) < 4.78 is 45.6. The van der Waals surface area contributed by atoms with Gasteiger partial charge in [0, 0.05) is 30.2 Å². The fourth-order valence-corrected chi connectivity index (χ4v) is 5.26. The zero-order valence-corrected chi connectivity index (χ0v) is 19.4.